The lowest BCUT2D eigenvalue weighted by Gasteiger charge is -2.16. The number of aryl methyl sites for hydroxylation is 1. The SMILES string of the molecule is CCc1cn([Si](C)(C)C)cn1. The number of imidazole rings is 1. The molecule has 0 aliphatic heterocycles. The van der Waals surface area contributed by atoms with Crippen LogP contribution in [0.3, 0.4) is 0 Å². The Hall–Kier alpha value is -0.573. The fraction of sp³-hybridized carbons (Fsp3) is 0.625. The summed E-state index contributed by atoms with van der Waals surface area (Å²) in [6, 6.07) is 0. The third-order valence-corrected chi connectivity index (χ3v) is 3.57. The molecular formula is C8H16N2Si. The highest BCUT2D eigenvalue weighted by molar-refractivity contribution is 6.74. The summed E-state index contributed by atoms with van der Waals surface area (Å²) in [6.45, 7) is 9.08. The predicted molar refractivity (Wildman–Crippen MR) is 50.3 cm³/mol. The third-order valence-electron chi connectivity index (χ3n) is 1.77. The molecule has 0 unspecified atom stereocenters. The van der Waals surface area contributed by atoms with Gasteiger partial charge >= 0.3 is 0 Å². The fourth-order valence-electron chi connectivity index (χ4n) is 0.913. The van der Waals surface area contributed by atoms with Crippen LogP contribution in [0.4, 0.5) is 0 Å². The van der Waals surface area contributed by atoms with Crippen molar-refractivity contribution in [1.29, 1.82) is 0 Å². The molecule has 0 saturated heterocycles. The molecule has 1 heterocycles. The Morgan fingerprint density at radius 3 is 2.36 bits per heavy atom. The van der Waals surface area contributed by atoms with Gasteiger partial charge in [0, 0.05) is 6.20 Å². The van der Waals surface area contributed by atoms with Gasteiger partial charge in [-0.15, -0.1) is 0 Å². The van der Waals surface area contributed by atoms with E-state index in [2.05, 4.69) is 42.0 Å². The second-order valence-corrected chi connectivity index (χ2v) is 8.65. The van der Waals surface area contributed by atoms with Crippen LogP contribution in [0.15, 0.2) is 12.5 Å². The number of nitrogens with zero attached hydrogens (tertiary/aromatic N) is 2. The van der Waals surface area contributed by atoms with Gasteiger partial charge in [-0.25, -0.2) is 4.98 Å². The molecular weight excluding hydrogens is 152 g/mol. The zero-order chi connectivity index (χ0) is 8.48. The van der Waals surface area contributed by atoms with E-state index in [0.717, 1.165) is 6.42 Å². The summed E-state index contributed by atoms with van der Waals surface area (Å²) in [7, 11) is -1.17. The van der Waals surface area contributed by atoms with E-state index in [9.17, 15) is 0 Å². The van der Waals surface area contributed by atoms with Crippen LogP contribution in [0.5, 0.6) is 0 Å². The Labute approximate surface area is 69.4 Å². The van der Waals surface area contributed by atoms with E-state index in [4.69, 9.17) is 0 Å². The van der Waals surface area contributed by atoms with Gasteiger partial charge in [-0.1, -0.05) is 26.6 Å². The molecule has 0 fully saturated rings. The molecule has 2 nitrogen and oxygen atoms in total. The first-order chi connectivity index (χ1) is 5.04. The minimum Gasteiger partial charge on any atom is -0.365 e. The average Bonchev–Trinajstić information content (AvgIpc) is 2.32. The van der Waals surface area contributed by atoms with Crippen LogP contribution < -0.4 is 0 Å². The van der Waals surface area contributed by atoms with Gasteiger partial charge in [0.25, 0.3) is 0 Å². The maximum atomic E-state index is 4.30. The lowest BCUT2D eigenvalue weighted by molar-refractivity contribution is 1.06. The molecule has 0 atom stereocenters. The molecule has 1 rings (SSSR count). The summed E-state index contributed by atoms with van der Waals surface area (Å²) in [5.74, 6) is 0. The van der Waals surface area contributed by atoms with Crippen LogP contribution >= 0.6 is 0 Å². The summed E-state index contributed by atoms with van der Waals surface area (Å²) >= 11 is 0. The van der Waals surface area contributed by atoms with E-state index in [1.54, 1.807) is 0 Å². The summed E-state index contributed by atoms with van der Waals surface area (Å²) < 4.78 is 2.28. The number of hydrogen-bond acceptors (Lipinski definition) is 1. The van der Waals surface area contributed by atoms with Gasteiger partial charge in [0.15, 0.2) is 8.24 Å². The summed E-state index contributed by atoms with van der Waals surface area (Å²) in [5, 5.41) is 0. The summed E-state index contributed by atoms with van der Waals surface area (Å²) in [6.07, 6.45) is 5.18. The molecule has 0 saturated carbocycles. The van der Waals surface area contributed by atoms with E-state index in [-0.39, 0.29) is 0 Å². The van der Waals surface area contributed by atoms with Gasteiger partial charge < -0.3 is 4.23 Å². The van der Waals surface area contributed by atoms with Crippen LogP contribution in [-0.2, 0) is 6.42 Å². The number of rotatable bonds is 2. The summed E-state index contributed by atoms with van der Waals surface area (Å²) in [5.41, 5.74) is 1.20. The van der Waals surface area contributed by atoms with Crippen molar-refractivity contribution in [1.82, 2.24) is 9.22 Å². The second-order valence-electron chi connectivity index (χ2n) is 3.80. The van der Waals surface area contributed by atoms with Crippen molar-refractivity contribution in [3.05, 3.63) is 18.2 Å². The Bertz CT molecular complexity index is 234. The van der Waals surface area contributed by atoms with Crippen molar-refractivity contribution in [3.63, 3.8) is 0 Å². The van der Waals surface area contributed by atoms with Crippen molar-refractivity contribution in [2.45, 2.75) is 33.0 Å². The molecule has 0 aliphatic carbocycles. The molecule has 11 heavy (non-hydrogen) atoms. The van der Waals surface area contributed by atoms with Crippen molar-refractivity contribution in [2.75, 3.05) is 0 Å². The molecule has 0 amide bonds. The van der Waals surface area contributed by atoms with Gasteiger partial charge in [0.2, 0.25) is 0 Å². The zero-order valence-electron chi connectivity index (χ0n) is 7.76. The quantitative estimate of drug-likeness (QED) is 0.619. The maximum absolute atomic E-state index is 4.30. The lowest BCUT2D eigenvalue weighted by Crippen LogP contribution is -2.30. The van der Waals surface area contributed by atoms with Crippen molar-refractivity contribution in [3.8, 4) is 0 Å². The topological polar surface area (TPSA) is 17.8 Å². The lowest BCUT2D eigenvalue weighted by atomic mass is 10.4. The Kier molecular flexibility index (Phi) is 2.18. The molecule has 0 radical (unpaired) electrons. The predicted octanol–water partition coefficient (Wildman–Crippen LogP) is 2.13. The first-order valence-corrected chi connectivity index (χ1v) is 7.52. The van der Waals surface area contributed by atoms with Crippen LogP contribution in [0, 0.1) is 0 Å². The zero-order valence-corrected chi connectivity index (χ0v) is 8.76. The summed E-state index contributed by atoms with van der Waals surface area (Å²) in [4.78, 5) is 4.30. The number of aromatic nitrogens is 2. The third kappa shape index (κ3) is 1.93. The monoisotopic (exact) mass is 168 g/mol. The van der Waals surface area contributed by atoms with Crippen LogP contribution in [-0.4, -0.2) is 17.5 Å². The van der Waals surface area contributed by atoms with Crippen molar-refractivity contribution < 1.29 is 0 Å². The average molecular weight is 168 g/mol. The maximum Gasteiger partial charge on any atom is 0.154 e. The van der Waals surface area contributed by atoms with E-state index >= 15 is 0 Å². The molecule has 0 N–H and O–H groups in total. The van der Waals surface area contributed by atoms with Gasteiger partial charge in [-0.2, -0.15) is 0 Å². The minimum atomic E-state index is -1.17. The Balaban J connectivity index is 2.89. The first-order valence-electron chi connectivity index (χ1n) is 4.07. The van der Waals surface area contributed by atoms with Crippen molar-refractivity contribution >= 4 is 8.24 Å². The molecule has 1 aromatic heterocycles. The van der Waals surface area contributed by atoms with Crippen molar-refractivity contribution in [2.24, 2.45) is 0 Å². The van der Waals surface area contributed by atoms with Crippen LogP contribution in [0.1, 0.15) is 12.6 Å². The Morgan fingerprint density at radius 2 is 2.09 bits per heavy atom. The number of hydrogen-bond donors (Lipinski definition) is 0. The molecule has 0 aliphatic rings. The molecule has 3 heteroatoms. The largest absolute Gasteiger partial charge is 0.365 e. The smallest absolute Gasteiger partial charge is 0.154 e. The highest BCUT2D eigenvalue weighted by Crippen LogP contribution is 2.07. The van der Waals surface area contributed by atoms with E-state index in [1.807, 2.05) is 6.33 Å². The second kappa shape index (κ2) is 2.81. The molecule has 0 bridgehead atoms. The Morgan fingerprint density at radius 1 is 1.45 bits per heavy atom. The van der Waals surface area contributed by atoms with Gasteiger partial charge in [-0.3, -0.25) is 0 Å². The first kappa shape index (κ1) is 8.52. The van der Waals surface area contributed by atoms with Gasteiger partial charge in [-0.05, 0) is 6.42 Å². The fourth-order valence-corrected chi connectivity index (χ4v) is 1.85. The van der Waals surface area contributed by atoms with Gasteiger partial charge in [0.05, 0.1) is 12.0 Å². The van der Waals surface area contributed by atoms with E-state index in [0.29, 0.717) is 0 Å². The minimum absolute atomic E-state index is 1.04. The highest BCUT2D eigenvalue weighted by atomic mass is 28.3. The van der Waals surface area contributed by atoms with E-state index in [1.165, 1.54) is 5.69 Å². The van der Waals surface area contributed by atoms with E-state index < -0.39 is 8.24 Å². The molecule has 0 spiro atoms. The highest BCUT2D eigenvalue weighted by Gasteiger charge is 2.15. The molecule has 62 valence electrons. The molecule has 0 aromatic carbocycles. The van der Waals surface area contributed by atoms with Crippen LogP contribution in [0.25, 0.3) is 0 Å². The van der Waals surface area contributed by atoms with Gasteiger partial charge in [0.1, 0.15) is 0 Å². The van der Waals surface area contributed by atoms with Crippen LogP contribution in [0.2, 0.25) is 19.6 Å². The normalized spacial score (nSPS) is 12.0. The molecule has 1 aromatic rings. The standard InChI is InChI=1S/C8H16N2Si/c1-5-8-6-10(7-9-8)11(2,3)4/h6-7H,5H2,1-4H3.